The number of amides is 2. The predicted octanol–water partition coefficient (Wildman–Crippen LogP) is 5.29. The van der Waals surface area contributed by atoms with Crippen molar-refractivity contribution in [2.75, 3.05) is 12.4 Å². The molecule has 1 aromatic heterocycles. The smallest absolute Gasteiger partial charge is 0.343 e. The van der Waals surface area contributed by atoms with Crippen LogP contribution in [0.25, 0.3) is 0 Å². The maximum Gasteiger partial charge on any atom is 0.343 e. The summed E-state index contributed by atoms with van der Waals surface area (Å²) in [7, 11) is 1.54. The molecule has 186 valence electrons. The number of halogens is 1. The van der Waals surface area contributed by atoms with Crippen molar-refractivity contribution in [1.29, 1.82) is 0 Å². The van der Waals surface area contributed by atoms with Gasteiger partial charge in [-0.25, -0.2) is 10.2 Å². The van der Waals surface area contributed by atoms with Gasteiger partial charge < -0.3 is 19.2 Å². The number of anilines is 1. The Hall–Kier alpha value is -4.70. The molecule has 4 rings (SSSR count). The standard InChI is InChI=1S/C27H20BrN3O6/c1-35-20-11-8-17(9-12-20)27(34)37-23-13-10-19(28)15-18(23)16-29-31-25(32)21-5-2-3-6-22(21)30-26(33)24-7-4-14-36-24/h2-16H,1H3,(H,30,33)(H,31,32)/b29-16-. The molecule has 0 saturated heterocycles. The number of ether oxygens (including phenoxy) is 2. The second-order valence-electron chi connectivity index (χ2n) is 7.48. The zero-order chi connectivity index (χ0) is 26.2. The Bertz CT molecular complexity index is 1450. The number of hydrogen-bond donors (Lipinski definition) is 2. The third-order valence-corrected chi connectivity index (χ3v) is 5.53. The first-order valence-corrected chi connectivity index (χ1v) is 11.7. The van der Waals surface area contributed by atoms with E-state index < -0.39 is 17.8 Å². The van der Waals surface area contributed by atoms with Crippen molar-refractivity contribution < 1.29 is 28.3 Å². The molecule has 2 amide bonds. The van der Waals surface area contributed by atoms with Crippen LogP contribution in [-0.4, -0.2) is 31.1 Å². The second-order valence-corrected chi connectivity index (χ2v) is 8.39. The maximum absolute atomic E-state index is 12.8. The maximum atomic E-state index is 12.8. The van der Waals surface area contributed by atoms with Crippen molar-refractivity contribution in [1.82, 2.24) is 5.43 Å². The Kier molecular flexibility index (Phi) is 8.11. The fourth-order valence-electron chi connectivity index (χ4n) is 3.20. The zero-order valence-corrected chi connectivity index (χ0v) is 21.0. The van der Waals surface area contributed by atoms with Crippen LogP contribution < -0.4 is 20.2 Å². The van der Waals surface area contributed by atoms with Crippen LogP contribution in [0, 0.1) is 0 Å². The fraction of sp³-hybridized carbons (Fsp3) is 0.0370. The molecule has 0 unspecified atom stereocenters. The van der Waals surface area contributed by atoms with Gasteiger partial charge in [0.2, 0.25) is 0 Å². The minimum Gasteiger partial charge on any atom is -0.497 e. The summed E-state index contributed by atoms with van der Waals surface area (Å²) in [5.74, 6) is -0.645. The van der Waals surface area contributed by atoms with Crippen molar-refractivity contribution in [2.24, 2.45) is 5.10 Å². The van der Waals surface area contributed by atoms with Gasteiger partial charge in [0.15, 0.2) is 5.76 Å². The Morgan fingerprint density at radius 3 is 2.46 bits per heavy atom. The number of hydrazone groups is 1. The van der Waals surface area contributed by atoms with E-state index in [9.17, 15) is 14.4 Å². The van der Waals surface area contributed by atoms with Gasteiger partial charge in [-0.15, -0.1) is 0 Å². The number of carbonyl (C=O) groups is 3. The van der Waals surface area contributed by atoms with E-state index in [0.717, 1.165) is 4.47 Å². The monoisotopic (exact) mass is 561 g/mol. The lowest BCUT2D eigenvalue weighted by Gasteiger charge is -2.10. The third-order valence-electron chi connectivity index (χ3n) is 5.03. The summed E-state index contributed by atoms with van der Waals surface area (Å²) in [6.45, 7) is 0. The molecule has 10 heteroatoms. The molecule has 3 aromatic carbocycles. The molecule has 2 N–H and O–H groups in total. The normalized spacial score (nSPS) is 10.6. The van der Waals surface area contributed by atoms with E-state index >= 15 is 0 Å². The SMILES string of the molecule is COc1ccc(C(=O)Oc2ccc(Br)cc2/C=N\NC(=O)c2ccccc2NC(=O)c2ccco2)cc1. The summed E-state index contributed by atoms with van der Waals surface area (Å²) in [5.41, 5.74) is 3.69. The van der Waals surface area contributed by atoms with Crippen molar-refractivity contribution in [3.8, 4) is 11.5 Å². The van der Waals surface area contributed by atoms with Gasteiger partial charge in [0.1, 0.15) is 11.5 Å². The highest BCUT2D eigenvalue weighted by atomic mass is 79.9. The van der Waals surface area contributed by atoms with Crippen LogP contribution in [0.15, 0.2) is 99.1 Å². The number of furan rings is 1. The van der Waals surface area contributed by atoms with Crippen molar-refractivity contribution >= 4 is 45.6 Å². The molecule has 0 spiro atoms. The lowest BCUT2D eigenvalue weighted by atomic mass is 10.1. The van der Waals surface area contributed by atoms with E-state index in [1.165, 1.54) is 25.7 Å². The molecule has 0 aliphatic carbocycles. The summed E-state index contributed by atoms with van der Waals surface area (Å²) in [4.78, 5) is 37.7. The predicted molar refractivity (Wildman–Crippen MR) is 140 cm³/mol. The molecule has 1 heterocycles. The average Bonchev–Trinajstić information content (AvgIpc) is 3.46. The summed E-state index contributed by atoms with van der Waals surface area (Å²) in [6, 6.07) is 21.1. The van der Waals surface area contributed by atoms with Gasteiger partial charge >= 0.3 is 5.97 Å². The molecule has 0 saturated carbocycles. The van der Waals surface area contributed by atoms with Gasteiger partial charge in [0.25, 0.3) is 11.8 Å². The minimum absolute atomic E-state index is 0.111. The lowest BCUT2D eigenvalue weighted by Crippen LogP contribution is -2.21. The molecule has 0 bridgehead atoms. The number of methoxy groups -OCH3 is 1. The largest absolute Gasteiger partial charge is 0.497 e. The van der Waals surface area contributed by atoms with E-state index in [1.807, 2.05) is 0 Å². The van der Waals surface area contributed by atoms with Crippen LogP contribution in [0.5, 0.6) is 11.5 Å². The third kappa shape index (κ3) is 6.50. The van der Waals surface area contributed by atoms with Gasteiger partial charge in [-0.2, -0.15) is 5.10 Å². The summed E-state index contributed by atoms with van der Waals surface area (Å²) >= 11 is 3.38. The summed E-state index contributed by atoms with van der Waals surface area (Å²) < 4.78 is 16.4. The van der Waals surface area contributed by atoms with Gasteiger partial charge in [0, 0.05) is 10.0 Å². The number of nitrogens with one attached hydrogen (secondary N) is 2. The highest BCUT2D eigenvalue weighted by molar-refractivity contribution is 9.10. The quantitative estimate of drug-likeness (QED) is 0.131. The fourth-order valence-corrected chi connectivity index (χ4v) is 3.58. The Balaban J connectivity index is 1.46. The molecular weight excluding hydrogens is 542 g/mol. The molecule has 9 nitrogen and oxygen atoms in total. The average molecular weight is 562 g/mol. The number of carbonyl (C=O) groups excluding carboxylic acids is 3. The van der Waals surface area contributed by atoms with E-state index in [2.05, 4.69) is 31.8 Å². The van der Waals surface area contributed by atoms with Gasteiger partial charge in [-0.05, 0) is 66.7 Å². The number of benzene rings is 3. The molecular formula is C27H20BrN3O6. The van der Waals surface area contributed by atoms with Crippen molar-refractivity contribution in [3.63, 3.8) is 0 Å². The van der Waals surface area contributed by atoms with Crippen LogP contribution in [0.4, 0.5) is 5.69 Å². The van der Waals surface area contributed by atoms with E-state index in [0.29, 0.717) is 16.9 Å². The Morgan fingerprint density at radius 2 is 1.73 bits per heavy atom. The molecule has 0 aliphatic rings. The van der Waals surface area contributed by atoms with Crippen LogP contribution in [0.3, 0.4) is 0 Å². The van der Waals surface area contributed by atoms with Crippen molar-refractivity contribution in [3.05, 3.63) is 112 Å². The Morgan fingerprint density at radius 1 is 0.946 bits per heavy atom. The van der Waals surface area contributed by atoms with Crippen LogP contribution in [-0.2, 0) is 0 Å². The molecule has 0 fully saturated rings. The zero-order valence-electron chi connectivity index (χ0n) is 19.4. The molecule has 0 atom stereocenters. The number of hydrogen-bond acceptors (Lipinski definition) is 7. The van der Waals surface area contributed by atoms with Gasteiger partial charge in [0.05, 0.1) is 36.4 Å². The molecule has 0 aliphatic heterocycles. The van der Waals surface area contributed by atoms with Gasteiger partial charge in [-0.1, -0.05) is 28.1 Å². The van der Waals surface area contributed by atoms with E-state index in [1.54, 1.807) is 72.8 Å². The van der Waals surface area contributed by atoms with E-state index in [-0.39, 0.29) is 22.8 Å². The number of nitrogens with zero attached hydrogens (tertiary/aromatic N) is 1. The van der Waals surface area contributed by atoms with Crippen LogP contribution >= 0.6 is 15.9 Å². The van der Waals surface area contributed by atoms with Gasteiger partial charge in [-0.3, -0.25) is 9.59 Å². The first-order valence-electron chi connectivity index (χ1n) is 10.9. The van der Waals surface area contributed by atoms with Crippen molar-refractivity contribution in [2.45, 2.75) is 0 Å². The summed E-state index contributed by atoms with van der Waals surface area (Å²) in [5, 5.41) is 6.65. The van der Waals surface area contributed by atoms with Crippen LogP contribution in [0.2, 0.25) is 0 Å². The molecule has 4 aromatic rings. The lowest BCUT2D eigenvalue weighted by molar-refractivity contribution is 0.0733. The van der Waals surface area contributed by atoms with E-state index in [4.69, 9.17) is 13.9 Å². The molecule has 37 heavy (non-hydrogen) atoms. The number of para-hydroxylation sites is 1. The highest BCUT2D eigenvalue weighted by Crippen LogP contribution is 2.23. The Labute approximate surface area is 220 Å². The topological polar surface area (TPSA) is 119 Å². The number of esters is 1. The minimum atomic E-state index is -0.565. The summed E-state index contributed by atoms with van der Waals surface area (Å²) in [6.07, 6.45) is 2.73. The first-order chi connectivity index (χ1) is 17.9. The number of rotatable bonds is 8. The molecule has 0 radical (unpaired) electrons. The second kappa shape index (κ2) is 11.8. The first kappa shape index (κ1) is 25.4. The highest BCUT2D eigenvalue weighted by Gasteiger charge is 2.16. The van der Waals surface area contributed by atoms with Crippen LogP contribution in [0.1, 0.15) is 36.8 Å².